The highest BCUT2D eigenvalue weighted by molar-refractivity contribution is 6.31. The van der Waals surface area contributed by atoms with Crippen LogP contribution in [0.4, 0.5) is 5.69 Å². The van der Waals surface area contributed by atoms with Gasteiger partial charge in [0, 0.05) is 11.4 Å². The quantitative estimate of drug-likeness (QED) is 0.704. The highest BCUT2D eigenvalue weighted by atomic mass is 35.5. The second-order valence-electron chi connectivity index (χ2n) is 5.53. The van der Waals surface area contributed by atoms with Gasteiger partial charge in [0.15, 0.2) is 0 Å². The summed E-state index contributed by atoms with van der Waals surface area (Å²) in [4.78, 5) is 12.3. The third kappa shape index (κ3) is 3.69. The lowest BCUT2D eigenvalue weighted by Gasteiger charge is -2.11. The molecule has 0 bridgehead atoms. The number of methoxy groups -OCH3 is 1. The molecule has 0 radical (unpaired) electrons. The monoisotopic (exact) mass is 339 g/mol. The zero-order valence-electron chi connectivity index (χ0n) is 13.4. The summed E-state index contributed by atoms with van der Waals surface area (Å²) in [6, 6.07) is 19.5. The molecule has 0 aliphatic heterocycles. The Kier molecular flexibility index (Phi) is 5.02. The molecule has 0 saturated heterocycles. The van der Waals surface area contributed by atoms with Gasteiger partial charge in [-0.2, -0.15) is 0 Å². The Morgan fingerprint density at radius 1 is 1.08 bits per heavy atom. The number of anilines is 1. The Labute approximate surface area is 146 Å². The van der Waals surface area contributed by atoms with Crippen LogP contribution < -0.4 is 10.1 Å². The highest BCUT2D eigenvalue weighted by Gasteiger charge is 2.09. The van der Waals surface area contributed by atoms with Crippen LogP contribution in [0.2, 0.25) is 5.02 Å². The van der Waals surface area contributed by atoms with Crippen molar-refractivity contribution in [3.05, 3.63) is 71.2 Å². The molecule has 122 valence electrons. The number of rotatable bonds is 5. The fourth-order valence-corrected chi connectivity index (χ4v) is 2.92. The molecule has 3 nitrogen and oxygen atoms in total. The van der Waals surface area contributed by atoms with Gasteiger partial charge in [-0.05, 0) is 41.0 Å². The first kappa shape index (κ1) is 16.3. The molecule has 3 rings (SSSR count). The summed E-state index contributed by atoms with van der Waals surface area (Å²) in [7, 11) is 1.56. The molecule has 0 aliphatic carbocycles. The van der Waals surface area contributed by atoms with Crippen molar-refractivity contribution in [2.45, 2.75) is 12.8 Å². The molecule has 4 heteroatoms. The fraction of sp³-hybridized carbons (Fsp3) is 0.150. The number of aryl methyl sites for hydroxylation is 1. The van der Waals surface area contributed by atoms with E-state index in [-0.39, 0.29) is 5.91 Å². The van der Waals surface area contributed by atoms with Crippen LogP contribution in [0.25, 0.3) is 10.8 Å². The lowest BCUT2D eigenvalue weighted by Crippen LogP contribution is -2.13. The highest BCUT2D eigenvalue weighted by Crippen LogP contribution is 2.28. The lowest BCUT2D eigenvalue weighted by molar-refractivity contribution is -0.116. The maximum atomic E-state index is 12.3. The first-order valence-electron chi connectivity index (χ1n) is 7.77. The number of hydrogen-bond donors (Lipinski definition) is 1. The van der Waals surface area contributed by atoms with E-state index in [1.54, 1.807) is 25.3 Å². The molecule has 0 aromatic heterocycles. The van der Waals surface area contributed by atoms with Crippen molar-refractivity contribution in [1.29, 1.82) is 0 Å². The van der Waals surface area contributed by atoms with E-state index < -0.39 is 0 Å². The van der Waals surface area contributed by atoms with Gasteiger partial charge in [-0.25, -0.2) is 0 Å². The van der Waals surface area contributed by atoms with Crippen LogP contribution in [0.15, 0.2) is 60.7 Å². The summed E-state index contributed by atoms with van der Waals surface area (Å²) in [5.74, 6) is 0.529. The Morgan fingerprint density at radius 3 is 2.71 bits per heavy atom. The second kappa shape index (κ2) is 7.37. The van der Waals surface area contributed by atoms with Crippen molar-refractivity contribution in [2.24, 2.45) is 0 Å². The van der Waals surface area contributed by atoms with Gasteiger partial charge in [0.05, 0.1) is 12.8 Å². The Hall–Kier alpha value is -2.52. The fourth-order valence-electron chi connectivity index (χ4n) is 2.75. The number of halogens is 1. The summed E-state index contributed by atoms with van der Waals surface area (Å²) in [6.45, 7) is 0. The lowest BCUT2D eigenvalue weighted by atomic mass is 10.0. The summed E-state index contributed by atoms with van der Waals surface area (Å²) < 4.78 is 5.25. The molecular formula is C20H18ClNO2. The smallest absolute Gasteiger partial charge is 0.224 e. The molecule has 0 atom stereocenters. The number of fused-ring (bicyclic) bond motifs is 1. The number of nitrogens with one attached hydrogen (secondary N) is 1. The molecule has 0 fully saturated rings. The summed E-state index contributed by atoms with van der Waals surface area (Å²) in [5.41, 5.74) is 1.76. The van der Waals surface area contributed by atoms with E-state index in [2.05, 4.69) is 29.6 Å². The van der Waals surface area contributed by atoms with Crippen LogP contribution >= 0.6 is 11.6 Å². The largest absolute Gasteiger partial charge is 0.495 e. The van der Waals surface area contributed by atoms with Crippen LogP contribution in [0, 0.1) is 0 Å². The van der Waals surface area contributed by atoms with Crippen LogP contribution in [0.1, 0.15) is 12.0 Å². The van der Waals surface area contributed by atoms with Gasteiger partial charge in [-0.15, -0.1) is 0 Å². The maximum Gasteiger partial charge on any atom is 0.224 e. The van der Waals surface area contributed by atoms with E-state index >= 15 is 0 Å². The minimum atomic E-state index is -0.0662. The van der Waals surface area contributed by atoms with E-state index in [9.17, 15) is 4.79 Å². The summed E-state index contributed by atoms with van der Waals surface area (Å²) >= 11 is 5.99. The Bertz CT molecular complexity index is 871. The van der Waals surface area contributed by atoms with Crippen molar-refractivity contribution in [3.8, 4) is 5.75 Å². The minimum absolute atomic E-state index is 0.0662. The average molecular weight is 340 g/mol. The van der Waals surface area contributed by atoms with Crippen LogP contribution in [0.5, 0.6) is 5.75 Å². The Balaban J connectivity index is 1.71. The standard InChI is InChI=1S/C20H18ClNO2/c1-24-19-11-10-16(21)13-18(19)22-20(23)12-9-15-7-4-6-14-5-2-3-8-17(14)15/h2-8,10-11,13H,9,12H2,1H3,(H,22,23). The van der Waals surface area contributed by atoms with E-state index in [0.717, 1.165) is 0 Å². The van der Waals surface area contributed by atoms with Crippen LogP contribution in [0.3, 0.4) is 0 Å². The van der Waals surface area contributed by atoms with Gasteiger partial charge < -0.3 is 10.1 Å². The van der Waals surface area contributed by atoms with Crippen molar-refractivity contribution < 1.29 is 9.53 Å². The van der Waals surface area contributed by atoms with Crippen molar-refractivity contribution in [2.75, 3.05) is 12.4 Å². The number of ether oxygens (including phenoxy) is 1. The van der Waals surface area contributed by atoms with Crippen molar-refractivity contribution in [1.82, 2.24) is 0 Å². The van der Waals surface area contributed by atoms with Crippen LogP contribution in [-0.4, -0.2) is 13.0 Å². The predicted molar refractivity (Wildman–Crippen MR) is 98.9 cm³/mol. The number of hydrogen-bond acceptors (Lipinski definition) is 2. The maximum absolute atomic E-state index is 12.3. The van der Waals surface area contributed by atoms with E-state index in [1.807, 2.05) is 18.2 Å². The molecule has 24 heavy (non-hydrogen) atoms. The van der Waals surface area contributed by atoms with E-state index in [1.165, 1.54) is 16.3 Å². The molecule has 3 aromatic rings. The zero-order valence-corrected chi connectivity index (χ0v) is 14.1. The number of carbonyl (C=O) groups is 1. The molecule has 0 spiro atoms. The molecule has 1 N–H and O–H groups in total. The first-order valence-corrected chi connectivity index (χ1v) is 8.15. The third-order valence-corrected chi connectivity index (χ3v) is 4.17. The van der Waals surface area contributed by atoms with Gasteiger partial charge in [-0.1, -0.05) is 54.1 Å². The van der Waals surface area contributed by atoms with Gasteiger partial charge in [0.1, 0.15) is 5.75 Å². The van der Waals surface area contributed by atoms with E-state index in [0.29, 0.717) is 29.3 Å². The summed E-state index contributed by atoms with van der Waals surface area (Å²) in [6.07, 6.45) is 1.07. The average Bonchev–Trinajstić information content (AvgIpc) is 2.60. The summed E-state index contributed by atoms with van der Waals surface area (Å²) in [5, 5.41) is 5.80. The first-order chi connectivity index (χ1) is 11.7. The van der Waals surface area contributed by atoms with Gasteiger partial charge in [0.2, 0.25) is 5.91 Å². The van der Waals surface area contributed by atoms with Crippen molar-refractivity contribution >= 4 is 34.0 Å². The molecule has 0 aliphatic rings. The molecule has 1 amide bonds. The third-order valence-electron chi connectivity index (χ3n) is 3.94. The van der Waals surface area contributed by atoms with Gasteiger partial charge in [0.25, 0.3) is 0 Å². The van der Waals surface area contributed by atoms with Crippen molar-refractivity contribution in [3.63, 3.8) is 0 Å². The minimum Gasteiger partial charge on any atom is -0.495 e. The van der Waals surface area contributed by atoms with Gasteiger partial charge in [-0.3, -0.25) is 4.79 Å². The normalized spacial score (nSPS) is 10.6. The second-order valence-corrected chi connectivity index (χ2v) is 5.97. The number of benzene rings is 3. The van der Waals surface area contributed by atoms with E-state index in [4.69, 9.17) is 16.3 Å². The number of carbonyl (C=O) groups excluding carboxylic acids is 1. The molecule has 3 aromatic carbocycles. The topological polar surface area (TPSA) is 38.3 Å². The van der Waals surface area contributed by atoms with Gasteiger partial charge >= 0.3 is 0 Å². The SMILES string of the molecule is COc1ccc(Cl)cc1NC(=O)CCc1cccc2ccccc12. The molecular weight excluding hydrogens is 322 g/mol. The predicted octanol–water partition coefficient (Wildman–Crippen LogP) is 5.07. The molecule has 0 saturated carbocycles. The van der Waals surface area contributed by atoms with Crippen LogP contribution in [-0.2, 0) is 11.2 Å². The molecule has 0 unspecified atom stereocenters. The Morgan fingerprint density at radius 2 is 1.88 bits per heavy atom. The zero-order chi connectivity index (χ0) is 16.9. The molecule has 0 heterocycles. The number of amides is 1.